The van der Waals surface area contributed by atoms with Gasteiger partial charge in [0.1, 0.15) is 5.82 Å². The number of carbonyl (C=O) groups excluding carboxylic acids is 2. The minimum Gasteiger partial charge on any atom is -0.350 e. The normalized spacial score (nSPS) is 13.5. The first-order valence-corrected chi connectivity index (χ1v) is 9.08. The average Bonchev–Trinajstić information content (AvgIpc) is 3.46. The largest absolute Gasteiger partial charge is 0.350 e. The summed E-state index contributed by atoms with van der Waals surface area (Å²) >= 11 is 0. The topological polar surface area (TPSA) is 84.0 Å². The van der Waals surface area contributed by atoms with Gasteiger partial charge in [-0.15, -0.1) is 10.2 Å². The third-order valence-electron chi connectivity index (χ3n) is 4.36. The average molecular weight is 370 g/mol. The number of nitrogens with zero attached hydrogens (tertiary/aromatic N) is 2. The van der Waals surface area contributed by atoms with Crippen LogP contribution in [0.25, 0.3) is 11.3 Å². The Morgan fingerprint density at radius 2 is 1.93 bits per heavy atom. The Bertz CT molecular complexity index is 861. The van der Waals surface area contributed by atoms with Crippen molar-refractivity contribution in [2.75, 3.05) is 6.54 Å². The molecule has 2 aromatic rings. The monoisotopic (exact) mass is 370 g/mol. The molecule has 0 saturated heterocycles. The van der Waals surface area contributed by atoms with E-state index in [1.54, 1.807) is 25.1 Å². The van der Waals surface area contributed by atoms with E-state index < -0.39 is 5.82 Å². The lowest BCUT2D eigenvalue weighted by Crippen LogP contribution is -2.28. The number of halogens is 1. The minimum absolute atomic E-state index is 0.189. The van der Waals surface area contributed by atoms with E-state index in [9.17, 15) is 14.0 Å². The van der Waals surface area contributed by atoms with Gasteiger partial charge in [0.05, 0.1) is 5.69 Å². The van der Waals surface area contributed by atoms with Gasteiger partial charge in [-0.25, -0.2) is 4.39 Å². The molecule has 1 aromatic carbocycles. The Kier molecular flexibility index (Phi) is 5.48. The molecule has 0 bridgehead atoms. The number of amides is 2. The lowest BCUT2D eigenvalue weighted by atomic mass is 10.0. The summed E-state index contributed by atoms with van der Waals surface area (Å²) < 4.78 is 14.3. The highest BCUT2D eigenvalue weighted by molar-refractivity contribution is 5.96. The molecule has 1 aliphatic rings. The fourth-order valence-corrected chi connectivity index (χ4v) is 2.56. The summed E-state index contributed by atoms with van der Waals surface area (Å²) in [6.07, 6.45) is 1.91. The second-order valence-corrected chi connectivity index (χ2v) is 7.29. The van der Waals surface area contributed by atoms with Crippen molar-refractivity contribution in [3.8, 4) is 11.3 Å². The van der Waals surface area contributed by atoms with E-state index >= 15 is 0 Å². The third kappa shape index (κ3) is 4.67. The SMILES string of the molecule is Cc1c(F)cc(C(=O)NC2CC2)cc1-c1ccc(C(=O)NCC(C)C)nn1. The van der Waals surface area contributed by atoms with E-state index in [0.717, 1.165) is 12.8 Å². The van der Waals surface area contributed by atoms with Crippen molar-refractivity contribution < 1.29 is 14.0 Å². The van der Waals surface area contributed by atoms with Gasteiger partial charge in [-0.1, -0.05) is 13.8 Å². The van der Waals surface area contributed by atoms with Crippen molar-refractivity contribution >= 4 is 11.8 Å². The zero-order valence-corrected chi connectivity index (χ0v) is 15.7. The van der Waals surface area contributed by atoms with Gasteiger partial charge in [0.15, 0.2) is 5.69 Å². The molecule has 27 heavy (non-hydrogen) atoms. The summed E-state index contributed by atoms with van der Waals surface area (Å²) in [6, 6.07) is 6.19. The molecule has 0 unspecified atom stereocenters. The predicted molar refractivity (Wildman–Crippen MR) is 99.8 cm³/mol. The third-order valence-corrected chi connectivity index (χ3v) is 4.36. The maximum atomic E-state index is 14.3. The molecule has 0 spiro atoms. The van der Waals surface area contributed by atoms with Gasteiger partial charge in [0, 0.05) is 23.7 Å². The van der Waals surface area contributed by atoms with Crippen LogP contribution < -0.4 is 10.6 Å². The second-order valence-electron chi connectivity index (χ2n) is 7.29. The minimum atomic E-state index is -0.478. The Labute approximate surface area is 157 Å². The van der Waals surface area contributed by atoms with Crippen LogP contribution in [0.3, 0.4) is 0 Å². The van der Waals surface area contributed by atoms with Crippen LogP contribution in [0, 0.1) is 18.7 Å². The van der Waals surface area contributed by atoms with E-state index in [0.29, 0.717) is 29.3 Å². The zero-order chi connectivity index (χ0) is 19.6. The summed E-state index contributed by atoms with van der Waals surface area (Å²) in [5.74, 6) is -0.746. The van der Waals surface area contributed by atoms with Crippen LogP contribution in [0.4, 0.5) is 4.39 Å². The molecule has 0 radical (unpaired) electrons. The van der Waals surface area contributed by atoms with Gasteiger partial charge in [0.2, 0.25) is 0 Å². The zero-order valence-electron chi connectivity index (χ0n) is 15.7. The van der Waals surface area contributed by atoms with Crippen molar-refractivity contribution in [2.24, 2.45) is 5.92 Å². The summed E-state index contributed by atoms with van der Waals surface area (Å²) in [7, 11) is 0. The van der Waals surface area contributed by atoms with E-state index in [-0.39, 0.29) is 29.1 Å². The lowest BCUT2D eigenvalue weighted by molar-refractivity contribution is 0.0938. The van der Waals surface area contributed by atoms with Crippen LogP contribution in [0.5, 0.6) is 0 Å². The highest BCUT2D eigenvalue weighted by Crippen LogP contribution is 2.26. The highest BCUT2D eigenvalue weighted by Gasteiger charge is 2.24. The second kappa shape index (κ2) is 7.82. The molecule has 2 N–H and O–H groups in total. The molecule has 0 atom stereocenters. The number of rotatable bonds is 6. The molecule has 7 heteroatoms. The Hall–Kier alpha value is -2.83. The molecule has 1 aliphatic carbocycles. The number of aromatic nitrogens is 2. The first kappa shape index (κ1) is 18.9. The van der Waals surface area contributed by atoms with Crippen LogP contribution >= 0.6 is 0 Å². The van der Waals surface area contributed by atoms with Crippen molar-refractivity contribution in [3.63, 3.8) is 0 Å². The quantitative estimate of drug-likeness (QED) is 0.819. The van der Waals surface area contributed by atoms with Gasteiger partial charge >= 0.3 is 0 Å². The summed E-state index contributed by atoms with van der Waals surface area (Å²) in [5.41, 5.74) is 1.72. The molecule has 0 aliphatic heterocycles. The summed E-state index contributed by atoms with van der Waals surface area (Å²) in [4.78, 5) is 24.3. The van der Waals surface area contributed by atoms with Gasteiger partial charge in [-0.2, -0.15) is 0 Å². The van der Waals surface area contributed by atoms with Crippen molar-refractivity contribution in [1.29, 1.82) is 0 Å². The highest BCUT2D eigenvalue weighted by atomic mass is 19.1. The van der Waals surface area contributed by atoms with Crippen LogP contribution in [0.15, 0.2) is 24.3 Å². The number of hydrogen-bond donors (Lipinski definition) is 2. The van der Waals surface area contributed by atoms with Crippen LogP contribution in [-0.4, -0.2) is 34.6 Å². The lowest BCUT2D eigenvalue weighted by Gasteiger charge is -2.11. The standard InChI is InChI=1S/C20H23FN4O2/c1-11(2)10-22-20(27)18-7-6-17(24-25-18)15-8-13(9-16(21)12(15)3)19(26)23-14-4-5-14/h6-9,11,14H,4-5,10H2,1-3H3,(H,22,27)(H,23,26). The van der Waals surface area contributed by atoms with Gasteiger partial charge < -0.3 is 10.6 Å². The Morgan fingerprint density at radius 1 is 1.19 bits per heavy atom. The van der Waals surface area contributed by atoms with E-state index in [1.807, 2.05) is 13.8 Å². The van der Waals surface area contributed by atoms with Crippen molar-refractivity contribution in [1.82, 2.24) is 20.8 Å². The van der Waals surface area contributed by atoms with Crippen molar-refractivity contribution in [2.45, 2.75) is 39.7 Å². The fourth-order valence-electron chi connectivity index (χ4n) is 2.56. The predicted octanol–water partition coefficient (Wildman–Crippen LogP) is 2.87. The smallest absolute Gasteiger partial charge is 0.271 e. The maximum absolute atomic E-state index is 14.3. The molecule has 142 valence electrons. The molecule has 3 rings (SSSR count). The molecular weight excluding hydrogens is 347 g/mol. The molecule has 6 nitrogen and oxygen atoms in total. The van der Waals surface area contributed by atoms with Crippen LogP contribution in [-0.2, 0) is 0 Å². The molecule has 2 amide bonds. The Morgan fingerprint density at radius 3 is 2.52 bits per heavy atom. The maximum Gasteiger partial charge on any atom is 0.271 e. The Balaban J connectivity index is 1.83. The molecule has 1 saturated carbocycles. The number of nitrogens with one attached hydrogen (secondary N) is 2. The molecule has 1 aromatic heterocycles. The van der Waals surface area contributed by atoms with Gasteiger partial charge in [-0.05, 0) is 55.5 Å². The van der Waals surface area contributed by atoms with E-state index in [2.05, 4.69) is 20.8 Å². The van der Waals surface area contributed by atoms with E-state index in [4.69, 9.17) is 0 Å². The first-order valence-electron chi connectivity index (χ1n) is 9.08. The van der Waals surface area contributed by atoms with Gasteiger partial charge in [-0.3, -0.25) is 9.59 Å². The first-order chi connectivity index (χ1) is 12.8. The molecule has 1 heterocycles. The summed E-state index contributed by atoms with van der Waals surface area (Å²) in [6.45, 7) is 6.17. The van der Waals surface area contributed by atoms with Crippen LogP contribution in [0.1, 0.15) is 53.1 Å². The van der Waals surface area contributed by atoms with Crippen molar-refractivity contribution in [3.05, 3.63) is 46.9 Å². The number of carbonyl (C=O) groups is 2. The van der Waals surface area contributed by atoms with E-state index in [1.165, 1.54) is 6.07 Å². The summed E-state index contributed by atoms with van der Waals surface area (Å²) in [5, 5.41) is 13.6. The number of hydrogen-bond acceptors (Lipinski definition) is 4. The number of benzene rings is 1. The van der Waals surface area contributed by atoms with Crippen LogP contribution in [0.2, 0.25) is 0 Å². The fraction of sp³-hybridized carbons (Fsp3) is 0.400. The molecule has 1 fully saturated rings. The molecular formula is C20H23FN4O2. The van der Waals surface area contributed by atoms with Gasteiger partial charge in [0.25, 0.3) is 11.8 Å².